The van der Waals surface area contributed by atoms with Crippen LogP contribution in [-0.4, -0.2) is 0 Å². The minimum atomic E-state index is 0. The van der Waals surface area contributed by atoms with Gasteiger partial charge < -0.3 is 0 Å². The Labute approximate surface area is 276 Å². The Kier molecular flexibility index (Phi) is 13.5. The predicted octanol–water partition coefficient (Wildman–Crippen LogP) is 4.96. The fourth-order valence-electron chi connectivity index (χ4n) is 2.60. The third-order valence-electron chi connectivity index (χ3n) is 3.83. The van der Waals surface area contributed by atoms with Gasteiger partial charge in [-0.1, -0.05) is 13.8 Å². The summed E-state index contributed by atoms with van der Waals surface area (Å²) in [6, 6.07) is 26.3. The maximum atomic E-state index is 3.47. The summed E-state index contributed by atoms with van der Waals surface area (Å²) in [6.07, 6.45) is 0. The summed E-state index contributed by atoms with van der Waals surface area (Å²) in [7, 11) is 0. The van der Waals surface area contributed by atoms with Gasteiger partial charge in [0.25, 0.3) is 0 Å². The fourth-order valence-corrected chi connectivity index (χ4v) is 2.60. The predicted molar refractivity (Wildman–Crippen MR) is 83.8 cm³/mol. The van der Waals surface area contributed by atoms with Crippen molar-refractivity contribution in [2.75, 3.05) is 0 Å². The summed E-state index contributed by atoms with van der Waals surface area (Å²) in [6.45, 7) is 4.15. The average Bonchev–Trinajstić information content (AvgIpc) is 2.44. The molecule has 0 aliphatic rings. The van der Waals surface area contributed by atoms with Crippen molar-refractivity contribution in [2.45, 2.75) is 13.8 Å². The van der Waals surface area contributed by atoms with Crippen molar-refractivity contribution in [1.82, 2.24) is 0 Å². The molecule has 0 amide bonds. The molecule has 0 saturated heterocycles. The van der Waals surface area contributed by atoms with E-state index in [1.54, 1.807) is 0 Å². The molecular weight excluding hydrogens is 804 g/mol. The molecule has 0 atom stereocenters. The van der Waals surface area contributed by atoms with Crippen LogP contribution in [0.25, 0.3) is 32.3 Å². The van der Waals surface area contributed by atoms with E-state index >= 15 is 0 Å². The Hall–Kier alpha value is 3.11. The van der Waals surface area contributed by atoms with Gasteiger partial charge in [-0.25, -0.2) is 63.0 Å². The number of hydrogen-bond donors (Lipinski definition) is 0. The molecular formula is C20H12Pr4-4. The van der Waals surface area contributed by atoms with Crippen LogP contribution in [0.2, 0.25) is 0 Å². The zero-order valence-corrected chi connectivity index (χ0v) is 28.6. The maximum Gasteiger partial charge on any atom is 0 e. The van der Waals surface area contributed by atoms with Crippen molar-refractivity contribution < 1.29 is 165 Å². The van der Waals surface area contributed by atoms with Crippen LogP contribution in [0.1, 0.15) is 11.1 Å². The minimum absolute atomic E-state index is 0. The Bertz CT molecular complexity index is 898. The third kappa shape index (κ3) is 5.82. The first-order valence-electron chi connectivity index (χ1n) is 6.73. The van der Waals surface area contributed by atoms with Crippen LogP contribution in [0.4, 0.5) is 0 Å². The van der Waals surface area contributed by atoms with Crippen LogP contribution >= 0.6 is 0 Å². The van der Waals surface area contributed by atoms with Gasteiger partial charge in [-0.2, -0.15) is 29.0 Å². The Balaban J connectivity index is 0.00000132. The molecule has 0 nitrogen and oxygen atoms in total. The summed E-state index contributed by atoms with van der Waals surface area (Å²) in [5, 5.41) is 6.58. The van der Waals surface area contributed by atoms with Crippen molar-refractivity contribution in [2.24, 2.45) is 0 Å². The zero-order chi connectivity index (χ0) is 13.7. The molecule has 0 heterocycles. The van der Waals surface area contributed by atoms with E-state index in [0.29, 0.717) is 0 Å². The first-order chi connectivity index (χ1) is 9.70. The summed E-state index contributed by atoms with van der Waals surface area (Å²) >= 11 is 0. The molecule has 24 heavy (non-hydrogen) atoms. The Morgan fingerprint density at radius 2 is 0.833 bits per heavy atom. The van der Waals surface area contributed by atoms with E-state index in [4.69, 9.17) is 0 Å². The second-order valence-corrected chi connectivity index (χ2v) is 5.24. The maximum absolute atomic E-state index is 3.47. The first kappa shape index (κ1) is 27.1. The Morgan fingerprint density at radius 3 is 1.21 bits per heavy atom. The van der Waals surface area contributed by atoms with Crippen LogP contribution in [0.3, 0.4) is 0 Å². The van der Waals surface area contributed by atoms with Crippen molar-refractivity contribution in [3.05, 3.63) is 71.8 Å². The first-order valence-corrected chi connectivity index (χ1v) is 6.73. The molecule has 0 saturated carbocycles. The SMILES string of the molecule is Cc1[c-]c2cc3[c-]c4ccccc4[c-]c3cc2[c-]c1C.[Pr].[Pr].[Pr].[Pr]. The van der Waals surface area contributed by atoms with Crippen LogP contribution in [0.5, 0.6) is 0 Å². The minimum Gasteiger partial charge on any atom is -0.243 e. The van der Waals surface area contributed by atoms with Crippen LogP contribution in [0.15, 0.2) is 36.4 Å². The van der Waals surface area contributed by atoms with E-state index in [9.17, 15) is 0 Å². The number of benzene rings is 4. The third-order valence-corrected chi connectivity index (χ3v) is 3.83. The van der Waals surface area contributed by atoms with Gasteiger partial charge in [0, 0.05) is 165 Å². The molecule has 0 unspecified atom stereocenters. The summed E-state index contributed by atoms with van der Waals surface area (Å²) in [5.74, 6) is 0. The van der Waals surface area contributed by atoms with Gasteiger partial charge in [-0.3, -0.25) is 0 Å². The molecule has 4 heteroatoms. The average molecular weight is 816 g/mol. The van der Waals surface area contributed by atoms with E-state index in [-0.39, 0.29) is 165 Å². The van der Waals surface area contributed by atoms with E-state index in [1.165, 1.54) is 0 Å². The standard InChI is InChI=1S/C20H12.4Pr/c1-13-7-17-11-19-9-15-5-3-4-6-16(15)10-20(19)12-18(17)8-14(13)2;;;;/h3-6,11-12H,1-2H3;;;;/q-4;;;;. The zero-order valence-electron chi connectivity index (χ0n) is 13.8. The molecule has 108 valence electrons. The smallest absolute Gasteiger partial charge is 0 e. The summed E-state index contributed by atoms with van der Waals surface area (Å²) in [4.78, 5) is 0. The number of rotatable bonds is 0. The van der Waals surface area contributed by atoms with Gasteiger partial charge in [-0.05, 0) is 0 Å². The van der Waals surface area contributed by atoms with Crippen molar-refractivity contribution in [3.8, 4) is 0 Å². The molecule has 0 aliphatic carbocycles. The monoisotopic (exact) mass is 816 g/mol. The molecule has 0 aliphatic heterocycles. The van der Waals surface area contributed by atoms with Crippen molar-refractivity contribution in [3.63, 3.8) is 0 Å². The van der Waals surface area contributed by atoms with E-state index in [1.807, 2.05) is 12.1 Å². The molecule has 0 fully saturated rings. The fraction of sp³-hybridized carbons (Fsp3) is 0.100. The second-order valence-electron chi connectivity index (χ2n) is 5.24. The quantitative estimate of drug-likeness (QED) is 0.174. The van der Waals surface area contributed by atoms with Crippen LogP contribution < -0.4 is 0 Å². The van der Waals surface area contributed by atoms with Crippen molar-refractivity contribution >= 4 is 32.3 Å². The van der Waals surface area contributed by atoms with Crippen LogP contribution in [0, 0.1) is 203 Å². The van der Waals surface area contributed by atoms with Gasteiger partial charge in [0.05, 0.1) is 0 Å². The molecule has 4 aromatic rings. The van der Waals surface area contributed by atoms with E-state index < -0.39 is 0 Å². The summed E-state index contributed by atoms with van der Waals surface area (Å²) < 4.78 is 0. The van der Waals surface area contributed by atoms with Crippen molar-refractivity contribution in [1.29, 1.82) is 0 Å². The number of aryl methyl sites for hydroxylation is 2. The topological polar surface area (TPSA) is 0 Å². The van der Waals surface area contributed by atoms with Gasteiger partial charge in [0.1, 0.15) is 0 Å². The molecule has 0 bridgehead atoms. The molecule has 4 radical (unpaired) electrons. The molecule has 0 spiro atoms. The van der Waals surface area contributed by atoms with Crippen LogP contribution in [-0.2, 0) is 0 Å². The molecule has 0 aromatic heterocycles. The van der Waals surface area contributed by atoms with Gasteiger partial charge >= 0.3 is 0 Å². The molecule has 0 N–H and O–H groups in total. The van der Waals surface area contributed by atoms with Gasteiger partial charge in [-0.15, -0.1) is 12.1 Å². The summed E-state index contributed by atoms with van der Waals surface area (Å²) in [5.41, 5.74) is 2.31. The molecule has 4 aromatic carbocycles. The second kappa shape index (κ2) is 12.0. The van der Waals surface area contributed by atoms with E-state index in [2.05, 4.69) is 62.4 Å². The van der Waals surface area contributed by atoms with E-state index in [0.717, 1.165) is 43.4 Å². The number of hydrogen-bond acceptors (Lipinski definition) is 0. The largest absolute Gasteiger partial charge is 0.243 e. The Morgan fingerprint density at radius 1 is 0.500 bits per heavy atom. The van der Waals surface area contributed by atoms with Gasteiger partial charge in [0.2, 0.25) is 0 Å². The van der Waals surface area contributed by atoms with Gasteiger partial charge in [0.15, 0.2) is 0 Å². The molecule has 4 rings (SSSR count). The normalized spacial score (nSPS) is 9.58. The number of fused-ring (bicyclic) bond motifs is 3.